The van der Waals surface area contributed by atoms with Gasteiger partial charge in [0, 0.05) is 4.90 Å². The van der Waals surface area contributed by atoms with Crippen LogP contribution in [0.3, 0.4) is 0 Å². The van der Waals surface area contributed by atoms with Crippen LogP contribution < -0.4 is 10.1 Å². The first-order chi connectivity index (χ1) is 10.6. The molecule has 1 atom stereocenters. The number of anilines is 1. The fourth-order valence-corrected chi connectivity index (χ4v) is 3.91. The number of thioether (sulfide) groups is 1. The highest BCUT2D eigenvalue weighted by Crippen LogP contribution is 2.38. The third-order valence-electron chi connectivity index (χ3n) is 3.80. The average Bonchev–Trinajstić information content (AvgIpc) is 2.90. The molecule has 22 heavy (non-hydrogen) atoms. The van der Waals surface area contributed by atoms with Crippen molar-refractivity contribution >= 4 is 23.4 Å². The van der Waals surface area contributed by atoms with Crippen LogP contribution in [0.25, 0.3) is 0 Å². The Labute approximate surface area is 135 Å². The van der Waals surface area contributed by atoms with Gasteiger partial charge in [0.25, 0.3) is 0 Å². The highest BCUT2D eigenvalue weighted by molar-refractivity contribution is 8.01. The molecule has 114 valence electrons. The second kappa shape index (κ2) is 6.05. The molecular weight excluding hydrogens is 294 g/mol. The van der Waals surface area contributed by atoms with Crippen LogP contribution in [0.4, 0.5) is 5.69 Å². The Bertz CT molecular complexity index is 727. The summed E-state index contributed by atoms with van der Waals surface area (Å²) in [6.45, 7) is 4.07. The Kier molecular flexibility index (Phi) is 4.12. The Balaban J connectivity index is 1.75. The number of methoxy groups -OCH3 is 1. The van der Waals surface area contributed by atoms with E-state index in [0.29, 0.717) is 5.75 Å². The van der Waals surface area contributed by atoms with Gasteiger partial charge in [-0.2, -0.15) is 0 Å². The van der Waals surface area contributed by atoms with Crippen LogP contribution in [0.15, 0.2) is 41.3 Å². The van der Waals surface area contributed by atoms with E-state index in [9.17, 15) is 4.79 Å². The molecule has 1 aliphatic heterocycles. The molecule has 0 spiro atoms. The predicted molar refractivity (Wildman–Crippen MR) is 90.9 cm³/mol. The number of hydrogen-bond donors (Lipinski definition) is 1. The summed E-state index contributed by atoms with van der Waals surface area (Å²) in [5.41, 5.74) is 4.31. The van der Waals surface area contributed by atoms with Crippen molar-refractivity contribution in [3.63, 3.8) is 0 Å². The van der Waals surface area contributed by atoms with E-state index in [1.807, 2.05) is 25.1 Å². The molecule has 1 amide bonds. The van der Waals surface area contributed by atoms with Gasteiger partial charge in [0.1, 0.15) is 5.75 Å². The van der Waals surface area contributed by atoms with E-state index in [0.717, 1.165) is 17.7 Å². The lowest BCUT2D eigenvalue weighted by molar-refractivity contribution is -0.115. The molecule has 4 heteroatoms. The Morgan fingerprint density at radius 3 is 2.68 bits per heavy atom. The number of fused-ring (bicyclic) bond motifs is 1. The second-order valence-corrected chi connectivity index (χ2v) is 6.86. The van der Waals surface area contributed by atoms with Gasteiger partial charge >= 0.3 is 0 Å². The van der Waals surface area contributed by atoms with Crippen molar-refractivity contribution in [2.24, 2.45) is 0 Å². The number of hydrogen-bond acceptors (Lipinski definition) is 3. The molecule has 0 radical (unpaired) electrons. The van der Waals surface area contributed by atoms with Crippen molar-refractivity contribution in [1.82, 2.24) is 0 Å². The lowest BCUT2D eigenvalue weighted by atomic mass is 10.1. The van der Waals surface area contributed by atoms with Gasteiger partial charge in [-0.05, 0) is 49.6 Å². The minimum atomic E-state index is -0.0815. The first-order valence-electron chi connectivity index (χ1n) is 7.28. The zero-order chi connectivity index (χ0) is 15.7. The molecule has 3 nitrogen and oxygen atoms in total. The van der Waals surface area contributed by atoms with Gasteiger partial charge in [0.15, 0.2) is 0 Å². The normalized spacial score (nSPS) is 16.2. The largest absolute Gasteiger partial charge is 0.495 e. The van der Waals surface area contributed by atoms with E-state index in [1.54, 1.807) is 18.9 Å². The molecule has 0 aromatic heterocycles. The maximum absolute atomic E-state index is 12.6. The number of rotatable bonds is 3. The number of nitrogens with one attached hydrogen (secondary N) is 1. The quantitative estimate of drug-likeness (QED) is 0.932. The topological polar surface area (TPSA) is 38.3 Å². The molecule has 1 heterocycles. The van der Waals surface area contributed by atoms with Crippen LogP contribution >= 0.6 is 11.8 Å². The van der Waals surface area contributed by atoms with Gasteiger partial charge in [-0.1, -0.05) is 23.8 Å². The van der Waals surface area contributed by atoms with Crippen LogP contribution in [-0.2, 0) is 11.2 Å². The van der Waals surface area contributed by atoms with Gasteiger partial charge < -0.3 is 10.1 Å². The molecule has 0 aliphatic carbocycles. The van der Waals surface area contributed by atoms with E-state index in [4.69, 9.17) is 4.74 Å². The first kappa shape index (κ1) is 15.0. The average molecular weight is 313 g/mol. The fraction of sp³-hybridized carbons (Fsp3) is 0.278. The molecule has 3 rings (SSSR count). The number of benzene rings is 2. The summed E-state index contributed by atoms with van der Waals surface area (Å²) in [4.78, 5) is 13.8. The number of carbonyl (C=O) groups is 1. The summed E-state index contributed by atoms with van der Waals surface area (Å²) in [5.74, 6) is 0.720. The molecular formula is C18H19NO2S. The summed E-state index contributed by atoms with van der Waals surface area (Å²) in [7, 11) is 1.61. The summed E-state index contributed by atoms with van der Waals surface area (Å²) < 4.78 is 5.32. The third-order valence-corrected chi connectivity index (χ3v) is 5.10. The molecule has 0 saturated carbocycles. The summed E-state index contributed by atoms with van der Waals surface area (Å²) in [5, 5.41) is 2.93. The number of ether oxygens (including phenoxy) is 1. The maximum Gasteiger partial charge on any atom is 0.238 e. The molecule has 1 N–H and O–H groups in total. The zero-order valence-corrected chi connectivity index (χ0v) is 13.8. The summed E-state index contributed by atoms with van der Waals surface area (Å²) in [6.07, 6.45) is 0.778. The van der Waals surface area contributed by atoms with E-state index >= 15 is 0 Å². The van der Waals surface area contributed by atoms with Crippen LogP contribution in [0.5, 0.6) is 5.75 Å². The summed E-state index contributed by atoms with van der Waals surface area (Å²) >= 11 is 1.64. The first-order valence-corrected chi connectivity index (χ1v) is 8.16. The lowest BCUT2D eigenvalue weighted by Gasteiger charge is -2.13. The van der Waals surface area contributed by atoms with Crippen molar-refractivity contribution in [1.29, 1.82) is 0 Å². The zero-order valence-electron chi connectivity index (χ0n) is 13.0. The standard InChI is InChI=1S/C18H19NO2S/c1-11-5-7-15(21-3)14(8-11)19-18(20)17-10-13-6-4-12(2)9-16(13)22-17/h4-9,17H,10H2,1-3H3,(H,19,20)/t17-/m0/s1. The Morgan fingerprint density at radius 1 is 1.18 bits per heavy atom. The van der Waals surface area contributed by atoms with E-state index in [1.165, 1.54) is 16.0 Å². The Hall–Kier alpha value is -1.94. The van der Waals surface area contributed by atoms with Crippen molar-refractivity contribution < 1.29 is 9.53 Å². The molecule has 2 aromatic rings. The van der Waals surface area contributed by atoms with E-state index in [-0.39, 0.29) is 11.2 Å². The number of amides is 1. The van der Waals surface area contributed by atoms with Gasteiger partial charge in [-0.25, -0.2) is 0 Å². The van der Waals surface area contributed by atoms with Gasteiger partial charge in [0.05, 0.1) is 18.0 Å². The number of aryl methyl sites for hydroxylation is 2. The Morgan fingerprint density at radius 2 is 1.91 bits per heavy atom. The van der Waals surface area contributed by atoms with Crippen molar-refractivity contribution in [3.05, 3.63) is 53.1 Å². The third kappa shape index (κ3) is 2.97. The van der Waals surface area contributed by atoms with E-state index in [2.05, 4.69) is 30.4 Å². The maximum atomic E-state index is 12.6. The highest BCUT2D eigenvalue weighted by atomic mass is 32.2. The van der Waals surface area contributed by atoms with Crippen molar-refractivity contribution in [3.8, 4) is 5.75 Å². The monoisotopic (exact) mass is 313 g/mol. The van der Waals surface area contributed by atoms with Crippen LogP contribution in [0.2, 0.25) is 0 Å². The molecule has 0 saturated heterocycles. The molecule has 2 aromatic carbocycles. The van der Waals surface area contributed by atoms with Gasteiger partial charge in [-0.3, -0.25) is 4.79 Å². The molecule has 0 bridgehead atoms. The van der Waals surface area contributed by atoms with E-state index < -0.39 is 0 Å². The van der Waals surface area contributed by atoms with Gasteiger partial charge in [0.2, 0.25) is 5.91 Å². The fourth-order valence-electron chi connectivity index (χ4n) is 2.61. The highest BCUT2D eigenvalue weighted by Gasteiger charge is 2.28. The minimum absolute atomic E-state index is 0.0303. The molecule has 0 fully saturated rings. The smallest absolute Gasteiger partial charge is 0.238 e. The number of carbonyl (C=O) groups excluding carboxylic acids is 1. The van der Waals surface area contributed by atoms with Crippen LogP contribution in [-0.4, -0.2) is 18.3 Å². The SMILES string of the molecule is COc1ccc(C)cc1NC(=O)[C@@H]1Cc2ccc(C)cc2S1. The lowest BCUT2D eigenvalue weighted by Crippen LogP contribution is -2.24. The van der Waals surface area contributed by atoms with Crippen LogP contribution in [0, 0.1) is 13.8 Å². The second-order valence-electron chi connectivity index (χ2n) is 5.61. The van der Waals surface area contributed by atoms with Crippen molar-refractivity contribution in [2.75, 3.05) is 12.4 Å². The van der Waals surface area contributed by atoms with Crippen LogP contribution in [0.1, 0.15) is 16.7 Å². The van der Waals surface area contributed by atoms with Crippen molar-refractivity contribution in [2.45, 2.75) is 30.4 Å². The molecule has 1 aliphatic rings. The minimum Gasteiger partial charge on any atom is -0.495 e. The molecule has 0 unspecified atom stereocenters. The summed E-state index contributed by atoms with van der Waals surface area (Å²) in [6, 6.07) is 12.2. The predicted octanol–water partition coefficient (Wildman–Crippen LogP) is 3.97. The van der Waals surface area contributed by atoms with Gasteiger partial charge in [-0.15, -0.1) is 11.8 Å².